The summed E-state index contributed by atoms with van der Waals surface area (Å²) in [6, 6.07) is 7.69. The Bertz CT molecular complexity index is 363. The maximum Gasteiger partial charge on any atom is 0.308 e. The van der Waals surface area contributed by atoms with Crippen LogP contribution in [0.5, 0.6) is 5.75 Å². The molecule has 15 heavy (non-hydrogen) atoms. The minimum atomic E-state index is -2.61. The zero-order valence-corrected chi connectivity index (χ0v) is 9.12. The van der Waals surface area contributed by atoms with Gasteiger partial charge < -0.3 is 9.84 Å². The normalized spacial score (nSPS) is 8.67. The molecule has 1 aromatic rings. The molecule has 1 aromatic carbocycles. The third-order valence-electron chi connectivity index (χ3n) is 1.56. The van der Waals surface area contributed by atoms with E-state index in [-0.39, 0.29) is 6.61 Å². The Labute approximate surface area is 89.8 Å². The van der Waals surface area contributed by atoms with Crippen molar-refractivity contribution in [2.45, 2.75) is 6.42 Å². The maximum absolute atomic E-state index is 8.67. The van der Waals surface area contributed by atoms with Gasteiger partial charge in [-0.15, -0.1) is 0 Å². The van der Waals surface area contributed by atoms with Gasteiger partial charge in [-0.05, 0) is 24.1 Å². The number of rotatable bonds is 3. The molecule has 0 aliphatic rings. The van der Waals surface area contributed by atoms with Crippen molar-refractivity contribution >= 4 is 10.5 Å². The molecule has 0 aromatic heterocycles. The highest BCUT2D eigenvalue weighted by Crippen LogP contribution is 2.10. The van der Waals surface area contributed by atoms with Gasteiger partial charge in [0.05, 0.1) is 7.11 Å². The summed E-state index contributed by atoms with van der Waals surface area (Å²) in [7, 11) is -0.971. The molecule has 0 bridgehead atoms. The van der Waals surface area contributed by atoms with E-state index in [4.69, 9.17) is 23.0 Å². The lowest BCUT2D eigenvalue weighted by atomic mass is 10.1. The van der Waals surface area contributed by atoms with Gasteiger partial charge in [0.2, 0.25) is 0 Å². The lowest BCUT2D eigenvalue weighted by molar-refractivity contribution is 0.299. The summed E-state index contributed by atoms with van der Waals surface area (Å²) in [6.07, 6.45) is 0.712. The second kappa shape index (κ2) is 7.95. The van der Waals surface area contributed by atoms with Gasteiger partial charge >= 0.3 is 10.5 Å². The lowest BCUT2D eigenvalue weighted by Crippen LogP contribution is -1.90. The molecule has 0 amide bonds. The summed E-state index contributed by atoms with van der Waals surface area (Å²) in [5.74, 6) is 0.853. The molecule has 1 rings (SSSR count). The van der Waals surface area contributed by atoms with Crippen LogP contribution in [-0.4, -0.2) is 27.2 Å². The summed E-state index contributed by atoms with van der Waals surface area (Å²) >= 11 is 0. The minimum Gasteiger partial charge on any atom is -0.497 e. The third kappa shape index (κ3) is 7.65. The molecule has 0 fully saturated rings. The smallest absolute Gasteiger partial charge is 0.308 e. The molecule has 0 unspecified atom stereocenters. The van der Waals surface area contributed by atoms with Crippen molar-refractivity contribution in [2.75, 3.05) is 13.7 Å². The van der Waals surface area contributed by atoms with Crippen LogP contribution < -0.4 is 4.74 Å². The number of aliphatic hydroxyl groups excluding tert-OH is 1. The minimum absolute atomic E-state index is 0.201. The standard InChI is InChI=1S/C9H12O2.HNO2S/c1-11-9-4-2-8(3-5-9)6-7-10;1-4(2)3/h2-5,10H,6-7H2,1H3;1H. The number of ether oxygens (including phenoxy) is 1. The van der Waals surface area contributed by atoms with E-state index >= 15 is 0 Å². The monoisotopic (exact) mass is 231 g/mol. The zero-order valence-electron chi connectivity index (χ0n) is 8.30. The van der Waals surface area contributed by atoms with Crippen LogP contribution in [0.1, 0.15) is 5.56 Å². The maximum atomic E-state index is 8.67. The number of methoxy groups -OCH3 is 1. The van der Waals surface area contributed by atoms with Crippen LogP contribution in [0.25, 0.3) is 0 Å². The molecule has 6 heteroatoms. The first kappa shape index (κ1) is 13.6. The highest BCUT2D eigenvalue weighted by molar-refractivity contribution is 7.60. The van der Waals surface area contributed by atoms with E-state index in [2.05, 4.69) is 0 Å². The summed E-state index contributed by atoms with van der Waals surface area (Å²) < 4.78 is 27.8. The predicted molar refractivity (Wildman–Crippen MR) is 55.4 cm³/mol. The van der Waals surface area contributed by atoms with Gasteiger partial charge in [-0.1, -0.05) is 12.1 Å². The summed E-state index contributed by atoms with van der Waals surface area (Å²) in [4.78, 5) is 0. The summed E-state index contributed by atoms with van der Waals surface area (Å²) in [5, 5.41) is 8.61. The molecule has 5 nitrogen and oxygen atoms in total. The van der Waals surface area contributed by atoms with Crippen LogP contribution in [0.15, 0.2) is 24.3 Å². The van der Waals surface area contributed by atoms with E-state index in [1.165, 1.54) is 0 Å². The first-order chi connectivity index (χ1) is 7.10. The SMILES string of the molecule is COc1ccc(CCO)cc1.N=S(=O)=O. The van der Waals surface area contributed by atoms with Crippen LogP contribution in [0, 0.1) is 4.78 Å². The van der Waals surface area contributed by atoms with Crippen molar-refractivity contribution in [2.24, 2.45) is 0 Å². The second-order valence-corrected chi connectivity index (χ2v) is 3.03. The third-order valence-corrected chi connectivity index (χ3v) is 1.56. The van der Waals surface area contributed by atoms with Crippen molar-refractivity contribution in [3.05, 3.63) is 29.8 Å². The van der Waals surface area contributed by atoms with Crippen LogP contribution in [0.3, 0.4) is 0 Å². The zero-order chi connectivity index (χ0) is 11.7. The Hall–Kier alpha value is -1.40. The molecule has 0 aliphatic heterocycles. The van der Waals surface area contributed by atoms with Gasteiger partial charge in [0.15, 0.2) is 0 Å². The summed E-state index contributed by atoms with van der Waals surface area (Å²) in [6.45, 7) is 0.201. The fraction of sp³-hybridized carbons (Fsp3) is 0.333. The van der Waals surface area contributed by atoms with Gasteiger partial charge in [-0.3, -0.25) is 0 Å². The van der Waals surface area contributed by atoms with Gasteiger partial charge in [0, 0.05) is 6.61 Å². The van der Waals surface area contributed by atoms with Gasteiger partial charge in [0.1, 0.15) is 5.75 Å². The summed E-state index contributed by atoms with van der Waals surface area (Å²) in [5.41, 5.74) is 1.13. The topological polar surface area (TPSA) is 87.4 Å². The molecule has 0 saturated carbocycles. The Morgan fingerprint density at radius 1 is 1.33 bits per heavy atom. The van der Waals surface area contributed by atoms with Crippen LogP contribution in [-0.2, 0) is 16.9 Å². The average Bonchev–Trinajstić information content (AvgIpc) is 2.19. The molecule has 84 valence electrons. The van der Waals surface area contributed by atoms with Crippen molar-refractivity contribution in [3.8, 4) is 5.75 Å². The van der Waals surface area contributed by atoms with Gasteiger partial charge in [-0.2, -0.15) is 13.2 Å². The number of hydrogen-bond acceptors (Lipinski definition) is 5. The molecule has 0 aliphatic carbocycles. The van der Waals surface area contributed by atoms with E-state index in [9.17, 15) is 0 Å². The van der Waals surface area contributed by atoms with Gasteiger partial charge in [-0.25, -0.2) is 0 Å². The quantitative estimate of drug-likeness (QED) is 0.807. The molecular formula is C9H13NO4S. The van der Waals surface area contributed by atoms with Crippen LogP contribution in [0.4, 0.5) is 0 Å². The number of hydrogen-bond donors (Lipinski definition) is 2. The predicted octanol–water partition coefficient (Wildman–Crippen LogP) is 0.858. The first-order valence-corrected chi connectivity index (χ1v) is 5.22. The fourth-order valence-electron chi connectivity index (χ4n) is 0.921. The van der Waals surface area contributed by atoms with E-state index in [1.54, 1.807) is 7.11 Å². The molecule has 0 heterocycles. The fourth-order valence-corrected chi connectivity index (χ4v) is 0.921. The highest BCUT2D eigenvalue weighted by atomic mass is 32.2. The van der Waals surface area contributed by atoms with Crippen molar-refractivity contribution in [1.29, 1.82) is 4.78 Å². The van der Waals surface area contributed by atoms with Crippen molar-refractivity contribution in [3.63, 3.8) is 0 Å². The Morgan fingerprint density at radius 2 is 1.80 bits per heavy atom. The van der Waals surface area contributed by atoms with Crippen molar-refractivity contribution < 1.29 is 18.3 Å². The van der Waals surface area contributed by atoms with Crippen molar-refractivity contribution in [1.82, 2.24) is 0 Å². The van der Waals surface area contributed by atoms with Gasteiger partial charge in [0.25, 0.3) is 0 Å². The molecule has 0 atom stereocenters. The van der Waals surface area contributed by atoms with E-state index in [0.29, 0.717) is 6.42 Å². The Balaban J connectivity index is 0.000000423. The number of aliphatic hydroxyl groups is 1. The van der Waals surface area contributed by atoms with Crippen LogP contribution >= 0.6 is 0 Å². The average molecular weight is 231 g/mol. The number of benzene rings is 1. The molecule has 2 N–H and O–H groups in total. The number of nitrogens with one attached hydrogen (secondary N) is 1. The largest absolute Gasteiger partial charge is 0.497 e. The van der Waals surface area contributed by atoms with E-state index < -0.39 is 10.5 Å². The molecule has 0 spiro atoms. The van der Waals surface area contributed by atoms with E-state index in [0.717, 1.165) is 11.3 Å². The van der Waals surface area contributed by atoms with E-state index in [1.807, 2.05) is 24.3 Å². The molecular weight excluding hydrogens is 218 g/mol. The Kier molecular flexibility index (Phi) is 7.21. The van der Waals surface area contributed by atoms with Crippen LogP contribution in [0.2, 0.25) is 0 Å². The molecule has 0 radical (unpaired) electrons. The second-order valence-electron chi connectivity index (χ2n) is 2.56. The molecule has 0 saturated heterocycles. The lowest BCUT2D eigenvalue weighted by Gasteiger charge is -2.00. The first-order valence-electron chi connectivity index (χ1n) is 4.14. The highest BCUT2D eigenvalue weighted by Gasteiger charge is 1.91. The Morgan fingerprint density at radius 3 is 2.13 bits per heavy atom.